The summed E-state index contributed by atoms with van der Waals surface area (Å²) in [5.41, 5.74) is 0. The molecular weight excluding hydrogens is 358 g/mol. The summed E-state index contributed by atoms with van der Waals surface area (Å²) in [7, 11) is 0. The van der Waals surface area contributed by atoms with Gasteiger partial charge in [0.25, 0.3) is 0 Å². The minimum Gasteiger partial charge on any atom is -0.373 e. The van der Waals surface area contributed by atoms with Crippen molar-refractivity contribution in [3.05, 3.63) is 41.6 Å². The van der Waals surface area contributed by atoms with E-state index in [9.17, 15) is 0 Å². The van der Waals surface area contributed by atoms with Crippen LogP contribution in [0.3, 0.4) is 0 Å². The van der Waals surface area contributed by atoms with E-state index in [1.165, 1.54) is 41.9 Å². The molecule has 3 aromatic rings. The summed E-state index contributed by atoms with van der Waals surface area (Å²) in [5.74, 6) is 2.03. The van der Waals surface area contributed by atoms with Gasteiger partial charge in [-0.15, -0.1) is 21.5 Å². The molecule has 1 saturated heterocycles. The van der Waals surface area contributed by atoms with Crippen LogP contribution in [-0.2, 0) is 11.3 Å². The molecule has 6 nitrogen and oxygen atoms in total. The fourth-order valence-corrected chi connectivity index (χ4v) is 5.41. The lowest BCUT2D eigenvalue weighted by molar-refractivity contribution is 0.114. The van der Waals surface area contributed by atoms with Gasteiger partial charge in [0.15, 0.2) is 5.82 Å². The van der Waals surface area contributed by atoms with Crippen LogP contribution in [0.15, 0.2) is 30.9 Å². The highest BCUT2D eigenvalue weighted by Gasteiger charge is 2.22. The Morgan fingerprint density at radius 3 is 2.89 bits per heavy atom. The Bertz CT molecular complexity index is 886. The molecule has 1 aliphatic carbocycles. The summed E-state index contributed by atoms with van der Waals surface area (Å²) >= 11 is 1.80. The SMILES string of the molecule is c1cn(Cc2nncn2C2CCCCC2)c(-c2ccc([C@@H]3CCCO3)s2)n1. The molecule has 1 saturated carbocycles. The summed E-state index contributed by atoms with van der Waals surface area (Å²) in [5, 5.41) is 8.62. The first-order valence-corrected chi connectivity index (χ1v) is 10.8. The molecule has 0 unspecified atom stereocenters. The molecule has 4 heterocycles. The van der Waals surface area contributed by atoms with Crippen molar-refractivity contribution in [1.82, 2.24) is 24.3 Å². The third-order valence-corrected chi connectivity index (χ3v) is 6.91. The number of hydrogen-bond donors (Lipinski definition) is 0. The van der Waals surface area contributed by atoms with Crippen LogP contribution in [0, 0.1) is 0 Å². The molecule has 3 aromatic heterocycles. The molecule has 0 amide bonds. The average molecular weight is 384 g/mol. The molecule has 0 spiro atoms. The zero-order valence-electron chi connectivity index (χ0n) is 15.5. The van der Waals surface area contributed by atoms with Gasteiger partial charge in [-0.1, -0.05) is 19.3 Å². The Morgan fingerprint density at radius 1 is 1.11 bits per heavy atom. The maximum absolute atomic E-state index is 5.83. The van der Waals surface area contributed by atoms with E-state index in [1.807, 2.05) is 18.7 Å². The first-order valence-electron chi connectivity index (χ1n) is 10.00. The van der Waals surface area contributed by atoms with Gasteiger partial charge in [0.05, 0.1) is 17.5 Å². The molecule has 0 radical (unpaired) electrons. The van der Waals surface area contributed by atoms with Crippen molar-refractivity contribution in [3.63, 3.8) is 0 Å². The number of hydrogen-bond acceptors (Lipinski definition) is 5. The number of aromatic nitrogens is 5. The molecule has 0 N–H and O–H groups in total. The van der Waals surface area contributed by atoms with E-state index >= 15 is 0 Å². The Kier molecular flexibility index (Phi) is 4.80. The summed E-state index contributed by atoms with van der Waals surface area (Å²) in [6, 6.07) is 4.91. The Balaban J connectivity index is 1.37. The lowest BCUT2D eigenvalue weighted by Gasteiger charge is -2.24. The highest BCUT2D eigenvalue weighted by Crippen LogP contribution is 2.37. The number of imidazole rings is 1. The van der Waals surface area contributed by atoms with Gasteiger partial charge in [-0.3, -0.25) is 0 Å². The van der Waals surface area contributed by atoms with Crippen molar-refractivity contribution in [2.75, 3.05) is 6.61 Å². The summed E-state index contributed by atoms with van der Waals surface area (Å²) < 4.78 is 10.3. The van der Waals surface area contributed by atoms with Crippen LogP contribution < -0.4 is 0 Å². The molecule has 2 fully saturated rings. The zero-order chi connectivity index (χ0) is 18.1. The second kappa shape index (κ2) is 7.56. The molecule has 7 heteroatoms. The average Bonchev–Trinajstić information content (AvgIpc) is 3.48. The maximum atomic E-state index is 5.83. The van der Waals surface area contributed by atoms with Crippen molar-refractivity contribution < 1.29 is 4.74 Å². The molecule has 1 aliphatic heterocycles. The number of rotatable bonds is 5. The number of ether oxygens (including phenoxy) is 1. The van der Waals surface area contributed by atoms with Gasteiger partial charge in [-0.25, -0.2) is 4.98 Å². The Labute approximate surface area is 163 Å². The second-order valence-corrected chi connectivity index (χ2v) is 8.64. The van der Waals surface area contributed by atoms with Gasteiger partial charge in [-0.2, -0.15) is 0 Å². The highest BCUT2D eigenvalue weighted by molar-refractivity contribution is 7.15. The van der Waals surface area contributed by atoms with E-state index in [0.29, 0.717) is 12.6 Å². The van der Waals surface area contributed by atoms with Crippen molar-refractivity contribution in [1.29, 1.82) is 0 Å². The lowest BCUT2D eigenvalue weighted by Crippen LogP contribution is -2.16. The highest BCUT2D eigenvalue weighted by atomic mass is 32.1. The third kappa shape index (κ3) is 3.46. The van der Waals surface area contributed by atoms with Gasteiger partial charge >= 0.3 is 0 Å². The molecular formula is C20H25N5OS. The lowest BCUT2D eigenvalue weighted by atomic mass is 9.95. The fraction of sp³-hybridized carbons (Fsp3) is 0.550. The standard InChI is InChI=1S/C20H25N5OS/c1-2-5-15(6-3-1)25-14-22-23-19(25)13-24-11-10-21-20(24)18-9-8-17(27-18)16-7-4-12-26-16/h8-11,14-16H,1-7,12-13H2/t16-/m0/s1. The molecule has 2 aliphatic rings. The van der Waals surface area contributed by atoms with Gasteiger partial charge in [0.2, 0.25) is 0 Å². The molecule has 0 bridgehead atoms. The van der Waals surface area contributed by atoms with E-state index < -0.39 is 0 Å². The van der Waals surface area contributed by atoms with E-state index in [-0.39, 0.29) is 6.10 Å². The van der Waals surface area contributed by atoms with Gasteiger partial charge < -0.3 is 13.9 Å². The zero-order valence-corrected chi connectivity index (χ0v) is 16.3. The number of nitrogens with zero attached hydrogens (tertiary/aromatic N) is 5. The van der Waals surface area contributed by atoms with E-state index in [1.54, 1.807) is 11.3 Å². The van der Waals surface area contributed by atoms with E-state index in [4.69, 9.17) is 4.74 Å². The van der Waals surface area contributed by atoms with Crippen molar-refractivity contribution in [2.24, 2.45) is 0 Å². The predicted molar refractivity (Wildman–Crippen MR) is 105 cm³/mol. The molecule has 27 heavy (non-hydrogen) atoms. The topological polar surface area (TPSA) is 57.8 Å². The van der Waals surface area contributed by atoms with Crippen LogP contribution >= 0.6 is 11.3 Å². The minimum absolute atomic E-state index is 0.265. The van der Waals surface area contributed by atoms with Crippen molar-refractivity contribution in [3.8, 4) is 10.7 Å². The summed E-state index contributed by atoms with van der Waals surface area (Å²) in [4.78, 5) is 7.12. The molecule has 1 atom stereocenters. The Hall–Kier alpha value is -1.99. The summed E-state index contributed by atoms with van der Waals surface area (Å²) in [6.45, 7) is 1.59. The monoisotopic (exact) mass is 383 g/mol. The van der Waals surface area contributed by atoms with Crippen molar-refractivity contribution in [2.45, 2.75) is 63.6 Å². The minimum atomic E-state index is 0.265. The van der Waals surface area contributed by atoms with Crippen LogP contribution in [0.5, 0.6) is 0 Å². The van der Waals surface area contributed by atoms with Gasteiger partial charge in [0, 0.05) is 29.9 Å². The Morgan fingerprint density at radius 2 is 2.04 bits per heavy atom. The second-order valence-electron chi connectivity index (χ2n) is 7.53. The fourth-order valence-electron chi connectivity index (χ4n) is 4.31. The largest absolute Gasteiger partial charge is 0.373 e. The molecule has 142 valence electrons. The van der Waals surface area contributed by atoms with Crippen LogP contribution in [0.1, 0.15) is 67.8 Å². The normalized spacial score (nSPS) is 21.1. The van der Waals surface area contributed by atoms with Gasteiger partial charge in [0.1, 0.15) is 12.2 Å². The smallest absolute Gasteiger partial charge is 0.153 e. The van der Waals surface area contributed by atoms with Crippen LogP contribution in [0.2, 0.25) is 0 Å². The van der Waals surface area contributed by atoms with Crippen LogP contribution in [0.25, 0.3) is 10.7 Å². The molecule has 5 rings (SSSR count). The van der Waals surface area contributed by atoms with Crippen LogP contribution in [-0.4, -0.2) is 30.9 Å². The van der Waals surface area contributed by atoms with E-state index in [0.717, 1.165) is 31.1 Å². The third-order valence-electron chi connectivity index (χ3n) is 5.74. The first kappa shape index (κ1) is 17.1. The van der Waals surface area contributed by atoms with E-state index in [2.05, 4.69) is 36.4 Å². The molecule has 0 aromatic carbocycles. The predicted octanol–water partition coefficient (Wildman–Crippen LogP) is 4.61. The quantitative estimate of drug-likeness (QED) is 0.646. The number of thiophene rings is 1. The first-order chi connectivity index (χ1) is 13.4. The maximum Gasteiger partial charge on any atom is 0.153 e. The van der Waals surface area contributed by atoms with Crippen molar-refractivity contribution >= 4 is 11.3 Å². The van der Waals surface area contributed by atoms with Crippen LogP contribution in [0.4, 0.5) is 0 Å². The van der Waals surface area contributed by atoms with Gasteiger partial charge in [-0.05, 0) is 37.8 Å². The summed E-state index contributed by atoms with van der Waals surface area (Å²) in [6.07, 6.45) is 14.8.